The van der Waals surface area contributed by atoms with Gasteiger partial charge in [0.25, 0.3) is 5.91 Å². The van der Waals surface area contributed by atoms with Gasteiger partial charge < -0.3 is 15.1 Å². The smallest absolute Gasteiger partial charge is 0.311 e. The molecule has 0 radical (unpaired) electrons. The molecular formula is C24H28F3N3O. The number of anilines is 1. The van der Waals surface area contributed by atoms with Crippen LogP contribution in [0.3, 0.4) is 0 Å². The van der Waals surface area contributed by atoms with Crippen LogP contribution in [0, 0.1) is 0 Å². The molecule has 1 aliphatic carbocycles. The minimum absolute atomic E-state index is 0.0194. The molecule has 2 aromatic carbocycles. The van der Waals surface area contributed by atoms with Gasteiger partial charge in [-0.2, -0.15) is 13.2 Å². The van der Waals surface area contributed by atoms with Gasteiger partial charge in [0.1, 0.15) is 0 Å². The highest BCUT2D eigenvalue weighted by Crippen LogP contribution is 2.42. The first-order valence-electron chi connectivity index (χ1n) is 10.7. The van der Waals surface area contributed by atoms with E-state index in [4.69, 9.17) is 0 Å². The highest BCUT2D eigenvalue weighted by Gasteiger charge is 2.39. The molecule has 2 aliphatic rings. The number of benzene rings is 2. The largest absolute Gasteiger partial charge is 0.416 e. The third-order valence-corrected chi connectivity index (χ3v) is 6.41. The predicted octanol–water partition coefficient (Wildman–Crippen LogP) is 4.52. The summed E-state index contributed by atoms with van der Waals surface area (Å²) in [6, 6.07) is 13.4. The molecular weight excluding hydrogens is 403 g/mol. The van der Waals surface area contributed by atoms with E-state index in [1.165, 1.54) is 35.4 Å². The summed E-state index contributed by atoms with van der Waals surface area (Å²) in [7, 11) is 3.74. The highest BCUT2D eigenvalue weighted by molar-refractivity contribution is 6.05. The molecule has 4 nitrogen and oxygen atoms in total. The summed E-state index contributed by atoms with van der Waals surface area (Å²) >= 11 is 0. The van der Waals surface area contributed by atoms with Crippen molar-refractivity contribution >= 4 is 11.6 Å². The number of nitrogens with one attached hydrogen (secondary N) is 1. The van der Waals surface area contributed by atoms with E-state index >= 15 is 0 Å². The minimum atomic E-state index is -4.47. The molecule has 1 heterocycles. The number of piperidine rings is 1. The first kappa shape index (κ1) is 21.8. The van der Waals surface area contributed by atoms with E-state index in [-0.39, 0.29) is 5.56 Å². The molecule has 2 atom stereocenters. The Labute approximate surface area is 181 Å². The number of rotatable bonds is 5. The second kappa shape index (κ2) is 8.63. The molecule has 1 saturated heterocycles. The fourth-order valence-electron chi connectivity index (χ4n) is 4.31. The van der Waals surface area contributed by atoms with Gasteiger partial charge in [0.05, 0.1) is 5.56 Å². The van der Waals surface area contributed by atoms with Crippen molar-refractivity contribution in [1.29, 1.82) is 0 Å². The van der Waals surface area contributed by atoms with Gasteiger partial charge in [-0.15, -0.1) is 0 Å². The summed E-state index contributed by atoms with van der Waals surface area (Å²) in [5.41, 5.74) is 1.09. The lowest BCUT2D eigenvalue weighted by atomic mass is 10.0. The standard InChI is InChI=1S/C24H28F3N3O/c1-29-12-10-19(11-13-29)28-22-15-21(22)16-6-8-20(9-7-16)30(2)23(31)17-4-3-5-18(14-17)24(25,26)27/h3-9,14,19,21-22,28H,10-13,15H2,1-2H3. The maximum absolute atomic E-state index is 12.9. The molecule has 1 amide bonds. The van der Waals surface area contributed by atoms with Crippen LogP contribution in [0.5, 0.6) is 0 Å². The van der Waals surface area contributed by atoms with Crippen LogP contribution in [-0.2, 0) is 6.18 Å². The second-order valence-corrected chi connectivity index (χ2v) is 8.73. The maximum atomic E-state index is 12.9. The summed E-state index contributed by atoms with van der Waals surface area (Å²) in [6.07, 6.45) is -0.994. The van der Waals surface area contributed by atoms with Crippen molar-refractivity contribution in [2.45, 2.75) is 43.4 Å². The maximum Gasteiger partial charge on any atom is 0.416 e. The van der Waals surface area contributed by atoms with E-state index in [1.54, 1.807) is 7.05 Å². The summed E-state index contributed by atoms with van der Waals surface area (Å²) in [4.78, 5) is 16.4. The van der Waals surface area contributed by atoms with Gasteiger partial charge in [-0.3, -0.25) is 4.79 Å². The Morgan fingerprint density at radius 3 is 2.42 bits per heavy atom. The van der Waals surface area contributed by atoms with Crippen molar-refractivity contribution in [2.75, 3.05) is 32.1 Å². The fraction of sp³-hybridized carbons (Fsp3) is 0.458. The number of nitrogens with zero attached hydrogens (tertiary/aromatic N) is 2. The van der Waals surface area contributed by atoms with Gasteiger partial charge >= 0.3 is 6.18 Å². The lowest BCUT2D eigenvalue weighted by molar-refractivity contribution is -0.137. The van der Waals surface area contributed by atoms with E-state index in [2.05, 4.69) is 17.3 Å². The molecule has 0 spiro atoms. The van der Waals surface area contributed by atoms with Crippen LogP contribution in [0.2, 0.25) is 0 Å². The molecule has 2 fully saturated rings. The van der Waals surface area contributed by atoms with Crippen molar-refractivity contribution in [3.05, 3.63) is 65.2 Å². The number of likely N-dealkylation sites (tertiary alicyclic amines) is 1. The van der Waals surface area contributed by atoms with Crippen LogP contribution in [0.1, 0.15) is 46.7 Å². The Balaban J connectivity index is 1.37. The lowest BCUT2D eigenvalue weighted by Crippen LogP contribution is -2.42. The van der Waals surface area contributed by atoms with E-state index in [0.717, 1.165) is 31.6 Å². The fourth-order valence-corrected chi connectivity index (χ4v) is 4.31. The van der Waals surface area contributed by atoms with Gasteiger partial charge in [0.15, 0.2) is 0 Å². The van der Waals surface area contributed by atoms with Crippen LogP contribution >= 0.6 is 0 Å². The van der Waals surface area contributed by atoms with Gasteiger partial charge in [-0.25, -0.2) is 0 Å². The Morgan fingerprint density at radius 1 is 1.10 bits per heavy atom. The van der Waals surface area contributed by atoms with Crippen molar-refractivity contribution in [2.24, 2.45) is 0 Å². The predicted molar refractivity (Wildman–Crippen MR) is 115 cm³/mol. The van der Waals surface area contributed by atoms with Crippen LogP contribution in [-0.4, -0.2) is 50.1 Å². The first-order chi connectivity index (χ1) is 14.7. The number of hydrogen-bond acceptors (Lipinski definition) is 3. The number of halogens is 3. The third-order valence-electron chi connectivity index (χ3n) is 6.41. The average molecular weight is 432 g/mol. The van der Waals surface area contributed by atoms with E-state index in [1.807, 2.05) is 24.3 Å². The summed E-state index contributed by atoms with van der Waals surface area (Å²) in [5.74, 6) is 0.0188. The molecule has 1 aliphatic heterocycles. The topological polar surface area (TPSA) is 35.6 Å². The van der Waals surface area contributed by atoms with Crippen LogP contribution in [0.15, 0.2) is 48.5 Å². The van der Waals surface area contributed by atoms with E-state index < -0.39 is 17.6 Å². The van der Waals surface area contributed by atoms with Crippen molar-refractivity contribution in [3.63, 3.8) is 0 Å². The number of amides is 1. The minimum Gasteiger partial charge on any atom is -0.311 e. The summed E-state index contributed by atoms with van der Waals surface area (Å²) in [6.45, 7) is 2.27. The summed E-state index contributed by atoms with van der Waals surface area (Å²) < 4.78 is 38.8. The van der Waals surface area contributed by atoms with Crippen molar-refractivity contribution in [1.82, 2.24) is 10.2 Å². The zero-order chi connectivity index (χ0) is 22.2. The lowest BCUT2D eigenvalue weighted by Gasteiger charge is -2.29. The average Bonchev–Trinajstić information content (AvgIpc) is 3.53. The molecule has 2 aromatic rings. The molecule has 0 aromatic heterocycles. The zero-order valence-corrected chi connectivity index (χ0v) is 17.8. The molecule has 1 N–H and O–H groups in total. The Bertz CT molecular complexity index is 920. The molecule has 0 bridgehead atoms. The van der Waals surface area contributed by atoms with Crippen LogP contribution < -0.4 is 10.2 Å². The second-order valence-electron chi connectivity index (χ2n) is 8.73. The van der Waals surface area contributed by atoms with Crippen LogP contribution in [0.4, 0.5) is 18.9 Å². The number of carbonyl (C=O) groups excluding carboxylic acids is 1. The van der Waals surface area contributed by atoms with E-state index in [0.29, 0.717) is 23.7 Å². The highest BCUT2D eigenvalue weighted by atomic mass is 19.4. The zero-order valence-electron chi connectivity index (χ0n) is 17.8. The number of hydrogen-bond donors (Lipinski definition) is 1. The molecule has 7 heteroatoms. The third kappa shape index (κ3) is 5.10. The Morgan fingerprint density at radius 2 is 1.77 bits per heavy atom. The van der Waals surface area contributed by atoms with Gasteiger partial charge in [0, 0.05) is 36.3 Å². The molecule has 31 heavy (non-hydrogen) atoms. The SMILES string of the molecule is CN1CCC(NC2CC2c2ccc(N(C)C(=O)c3cccc(C(F)(F)F)c3)cc2)CC1. The normalized spacial score (nSPS) is 22.4. The monoisotopic (exact) mass is 431 g/mol. The van der Waals surface area contributed by atoms with Gasteiger partial charge in [0.2, 0.25) is 0 Å². The van der Waals surface area contributed by atoms with Crippen molar-refractivity contribution < 1.29 is 18.0 Å². The van der Waals surface area contributed by atoms with Crippen molar-refractivity contribution in [3.8, 4) is 0 Å². The Hall–Kier alpha value is -2.38. The Kier molecular flexibility index (Phi) is 6.08. The number of carbonyl (C=O) groups is 1. The molecule has 1 saturated carbocycles. The van der Waals surface area contributed by atoms with Gasteiger partial charge in [-0.05, 0) is 75.3 Å². The van der Waals surface area contributed by atoms with Crippen LogP contribution in [0.25, 0.3) is 0 Å². The molecule has 166 valence electrons. The summed E-state index contributed by atoms with van der Waals surface area (Å²) in [5, 5.41) is 3.77. The number of alkyl halides is 3. The molecule has 2 unspecified atom stereocenters. The quantitative estimate of drug-likeness (QED) is 0.756. The molecule has 4 rings (SSSR count). The van der Waals surface area contributed by atoms with E-state index in [9.17, 15) is 18.0 Å². The first-order valence-corrected chi connectivity index (χ1v) is 10.7. The van der Waals surface area contributed by atoms with Gasteiger partial charge in [-0.1, -0.05) is 18.2 Å².